The van der Waals surface area contributed by atoms with Crippen molar-refractivity contribution in [2.24, 2.45) is 0 Å². The molecule has 3 aromatic carbocycles. The number of benzene rings is 3. The molecule has 0 saturated carbocycles. The predicted molar refractivity (Wildman–Crippen MR) is 102 cm³/mol. The van der Waals surface area contributed by atoms with Crippen molar-refractivity contribution in [2.45, 2.75) is 6.18 Å². The number of aromatic nitrogens is 2. The summed E-state index contributed by atoms with van der Waals surface area (Å²) >= 11 is 0. The highest BCUT2D eigenvalue weighted by atomic mass is 19.4. The van der Waals surface area contributed by atoms with Crippen LogP contribution in [0.25, 0.3) is 44.4 Å². The molecule has 0 aliphatic rings. The summed E-state index contributed by atoms with van der Waals surface area (Å²) in [5.41, 5.74) is 1.33. The zero-order valence-electron chi connectivity index (χ0n) is 14.7. The topological polar surface area (TPSA) is 62.7 Å². The summed E-state index contributed by atoms with van der Waals surface area (Å²) in [7, 11) is 0. The van der Waals surface area contributed by atoms with Crippen LogP contribution < -0.4 is 0 Å². The number of alkyl halides is 3. The molecule has 5 rings (SSSR count). The largest absolute Gasteiger partial charge is 0.436 e. The van der Waals surface area contributed by atoms with Gasteiger partial charge in [0.25, 0.3) is 0 Å². The van der Waals surface area contributed by atoms with Crippen molar-refractivity contribution in [1.29, 1.82) is 5.26 Å². The SMILES string of the molecule is N#Cc1ccc2cc3ccccc3nc2c1-c1nc2cc(C(F)(F)F)ccc2o1. The van der Waals surface area contributed by atoms with E-state index in [1.807, 2.05) is 30.3 Å². The van der Waals surface area contributed by atoms with Crippen molar-refractivity contribution in [3.63, 3.8) is 0 Å². The lowest BCUT2D eigenvalue weighted by Gasteiger charge is -2.07. The van der Waals surface area contributed by atoms with Crippen LogP contribution in [0.5, 0.6) is 0 Å². The Morgan fingerprint density at radius 2 is 1.69 bits per heavy atom. The number of nitriles is 1. The number of hydrogen-bond donors (Lipinski definition) is 0. The van der Waals surface area contributed by atoms with E-state index in [2.05, 4.69) is 16.0 Å². The number of hydrogen-bond acceptors (Lipinski definition) is 4. The van der Waals surface area contributed by atoms with Gasteiger partial charge < -0.3 is 4.42 Å². The quantitative estimate of drug-likeness (QED) is 0.326. The highest BCUT2D eigenvalue weighted by Crippen LogP contribution is 2.36. The van der Waals surface area contributed by atoms with E-state index in [-0.39, 0.29) is 22.6 Å². The summed E-state index contributed by atoms with van der Waals surface area (Å²) in [6, 6.07) is 18.1. The van der Waals surface area contributed by atoms with Crippen LogP contribution in [0.15, 0.2) is 65.1 Å². The van der Waals surface area contributed by atoms with Gasteiger partial charge in [0.1, 0.15) is 11.6 Å². The Morgan fingerprint density at radius 1 is 0.862 bits per heavy atom. The fourth-order valence-corrected chi connectivity index (χ4v) is 3.36. The zero-order valence-corrected chi connectivity index (χ0v) is 14.7. The fourth-order valence-electron chi connectivity index (χ4n) is 3.36. The van der Waals surface area contributed by atoms with Gasteiger partial charge >= 0.3 is 6.18 Å². The maximum Gasteiger partial charge on any atom is 0.416 e. The van der Waals surface area contributed by atoms with Crippen LogP contribution in [-0.2, 0) is 6.18 Å². The second-order valence-corrected chi connectivity index (χ2v) is 6.55. The summed E-state index contributed by atoms with van der Waals surface area (Å²) < 4.78 is 44.7. The molecule has 29 heavy (non-hydrogen) atoms. The molecule has 0 N–H and O–H groups in total. The highest BCUT2D eigenvalue weighted by molar-refractivity contribution is 6.01. The minimum atomic E-state index is -4.48. The molecule has 0 radical (unpaired) electrons. The number of halogens is 3. The molecule has 4 nitrogen and oxygen atoms in total. The first-order valence-electron chi connectivity index (χ1n) is 8.65. The van der Waals surface area contributed by atoms with Crippen LogP contribution in [0.1, 0.15) is 11.1 Å². The first-order chi connectivity index (χ1) is 13.9. The Kier molecular flexibility index (Phi) is 3.58. The van der Waals surface area contributed by atoms with Gasteiger partial charge in [0.15, 0.2) is 5.58 Å². The Hall–Kier alpha value is -3.92. The average molecular weight is 389 g/mol. The number of rotatable bonds is 1. The maximum absolute atomic E-state index is 13.0. The Labute approximate surface area is 161 Å². The summed E-state index contributed by atoms with van der Waals surface area (Å²) in [4.78, 5) is 8.90. The second kappa shape index (κ2) is 6.04. The number of para-hydroxylation sites is 1. The van der Waals surface area contributed by atoms with Gasteiger partial charge in [-0.1, -0.05) is 24.3 Å². The number of fused-ring (bicyclic) bond motifs is 3. The Balaban J connectivity index is 1.81. The minimum Gasteiger partial charge on any atom is -0.436 e. The van der Waals surface area contributed by atoms with E-state index in [1.54, 1.807) is 12.1 Å². The lowest BCUT2D eigenvalue weighted by atomic mass is 10.0. The molecule has 0 unspecified atom stereocenters. The van der Waals surface area contributed by atoms with Crippen LogP contribution in [-0.4, -0.2) is 9.97 Å². The highest BCUT2D eigenvalue weighted by Gasteiger charge is 2.31. The van der Waals surface area contributed by atoms with E-state index < -0.39 is 11.7 Å². The fraction of sp³-hybridized carbons (Fsp3) is 0.0455. The molecule has 0 bridgehead atoms. The zero-order chi connectivity index (χ0) is 20.2. The van der Waals surface area contributed by atoms with E-state index in [4.69, 9.17) is 4.42 Å². The number of pyridine rings is 1. The van der Waals surface area contributed by atoms with E-state index in [0.29, 0.717) is 11.1 Å². The first kappa shape index (κ1) is 17.2. The standard InChI is InChI=1S/C22H10F3N3O/c23-22(24,25)15-7-8-18-17(10-15)28-21(29-18)19-14(11-26)6-5-13-9-12-3-1-2-4-16(12)27-20(13)19/h1-10H. The molecule has 0 aliphatic heterocycles. The first-order valence-corrected chi connectivity index (χ1v) is 8.65. The third-order valence-electron chi connectivity index (χ3n) is 4.74. The van der Waals surface area contributed by atoms with Gasteiger partial charge in [-0.3, -0.25) is 0 Å². The Bertz CT molecular complexity index is 1460. The molecule has 0 amide bonds. The minimum absolute atomic E-state index is 0.0595. The molecule has 0 saturated heterocycles. The molecular formula is C22H10F3N3O. The predicted octanol–water partition coefficient (Wildman–Crippen LogP) is 6.09. The van der Waals surface area contributed by atoms with E-state index in [0.717, 1.165) is 28.4 Å². The Morgan fingerprint density at radius 3 is 2.48 bits per heavy atom. The molecule has 0 fully saturated rings. The van der Waals surface area contributed by atoms with Crippen molar-refractivity contribution >= 4 is 32.9 Å². The van der Waals surface area contributed by atoms with Crippen LogP contribution in [0.2, 0.25) is 0 Å². The average Bonchev–Trinajstić information content (AvgIpc) is 3.13. The van der Waals surface area contributed by atoms with Crippen molar-refractivity contribution in [3.05, 3.63) is 71.8 Å². The van der Waals surface area contributed by atoms with Crippen LogP contribution in [0.4, 0.5) is 13.2 Å². The monoisotopic (exact) mass is 389 g/mol. The number of oxazole rings is 1. The third kappa shape index (κ3) is 2.77. The van der Waals surface area contributed by atoms with Gasteiger partial charge in [-0.2, -0.15) is 18.4 Å². The van der Waals surface area contributed by atoms with E-state index >= 15 is 0 Å². The molecule has 0 spiro atoms. The molecule has 0 atom stereocenters. The number of nitrogens with zero attached hydrogens (tertiary/aromatic N) is 3. The van der Waals surface area contributed by atoms with Gasteiger partial charge in [-0.15, -0.1) is 0 Å². The molecule has 7 heteroatoms. The van der Waals surface area contributed by atoms with Gasteiger partial charge in [0.2, 0.25) is 5.89 Å². The molecule has 2 heterocycles. The molecule has 5 aromatic rings. The third-order valence-corrected chi connectivity index (χ3v) is 4.74. The second-order valence-electron chi connectivity index (χ2n) is 6.55. The van der Waals surface area contributed by atoms with E-state index in [9.17, 15) is 18.4 Å². The summed E-state index contributed by atoms with van der Waals surface area (Å²) in [6.45, 7) is 0. The van der Waals surface area contributed by atoms with E-state index in [1.165, 1.54) is 6.07 Å². The van der Waals surface area contributed by atoms with Gasteiger partial charge in [0.05, 0.1) is 27.7 Å². The van der Waals surface area contributed by atoms with Gasteiger partial charge in [0, 0.05) is 10.8 Å². The van der Waals surface area contributed by atoms with Crippen molar-refractivity contribution in [1.82, 2.24) is 9.97 Å². The summed E-state index contributed by atoms with van der Waals surface area (Å²) in [5.74, 6) is 0.0595. The van der Waals surface area contributed by atoms with Crippen LogP contribution in [0, 0.1) is 11.3 Å². The molecule has 2 aromatic heterocycles. The van der Waals surface area contributed by atoms with Crippen molar-refractivity contribution in [2.75, 3.05) is 0 Å². The van der Waals surface area contributed by atoms with Gasteiger partial charge in [-0.05, 0) is 36.4 Å². The summed E-state index contributed by atoms with van der Waals surface area (Å²) in [5, 5.41) is 11.3. The lowest BCUT2D eigenvalue weighted by molar-refractivity contribution is -0.137. The molecule has 140 valence electrons. The van der Waals surface area contributed by atoms with Gasteiger partial charge in [-0.25, -0.2) is 9.97 Å². The summed E-state index contributed by atoms with van der Waals surface area (Å²) in [6.07, 6.45) is -4.48. The maximum atomic E-state index is 13.0. The van der Waals surface area contributed by atoms with Crippen molar-refractivity contribution in [3.8, 4) is 17.5 Å². The van der Waals surface area contributed by atoms with Crippen LogP contribution >= 0.6 is 0 Å². The van der Waals surface area contributed by atoms with Crippen molar-refractivity contribution < 1.29 is 17.6 Å². The van der Waals surface area contributed by atoms with Crippen LogP contribution in [0.3, 0.4) is 0 Å². The lowest BCUT2D eigenvalue weighted by Crippen LogP contribution is -2.03. The molecule has 0 aliphatic carbocycles. The molecular weight excluding hydrogens is 379 g/mol. The smallest absolute Gasteiger partial charge is 0.416 e. The normalized spacial score (nSPS) is 11.9.